The van der Waals surface area contributed by atoms with Crippen molar-refractivity contribution in [3.8, 4) is 0 Å². The van der Waals surface area contributed by atoms with Gasteiger partial charge in [0.05, 0.1) is 0 Å². The maximum absolute atomic E-state index is 3.62. The zero-order valence-corrected chi connectivity index (χ0v) is 14.1. The minimum atomic E-state index is 0.260. The molecule has 0 aliphatic carbocycles. The maximum atomic E-state index is 3.62. The number of piperazine rings is 2. The van der Waals surface area contributed by atoms with Crippen LogP contribution in [0.15, 0.2) is 0 Å². The molecule has 0 bridgehead atoms. The van der Waals surface area contributed by atoms with Gasteiger partial charge in [0.15, 0.2) is 0 Å². The number of nitrogens with zero attached hydrogens (tertiary/aromatic N) is 3. The van der Waals surface area contributed by atoms with Gasteiger partial charge in [-0.25, -0.2) is 0 Å². The molecular formula is C15H34N4. The van der Waals surface area contributed by atoms with Crippen LogP contribution in [0.1, 0.15) is 27.7 Å². The standard InChI is InChI=1S/C9H20N2.C6H14N2/c1-8(2)6-11(5)7-9(3,4)10-8;1-7-3-5-8(2)6-4-7/h10H,6-7H2,1-5H3;3-6H2,1-2H3. The van der Waals surface area contributed by atoms with Crippen molar-refractivity contribution in [2.45, 2.75) is 38.8 Å². The first kappa shape index (κ1) is 16.9. The van der Waals surface area contributed by atoms with E-state index in [0.29, 0.717) is 0 Å². The molecule has 2 aliphatic rings. The highest BCUT2D eigenvalue weighted by atomic mass is 15.2. The van der Waals surface area contributed by atoms with Crippen molar-refractivity contribution < 1.29 is 0 Å². The minimum Gasteiger partial charge on any atom is -0.304 e. The van der Waals surface area contributed by atoms with Gasteiger partial charge in [-0.05, 0) is 48.8 Å². The number of rotatable bonds is 0. The summed E-state index contributed by atoms with van der Waals surface area (Å²) in [4.78, 5) is 7.11. The summed E-state index contributed by atoms with van der Waals surface area (Å²) >= 11 is 0. The van der Waals surface area contributed by atoms with E-state index in [9.17, 15) is 0 Å². The Morgan fingerprint density at radius 3 is 1.21 bits per heavy atom. The Balaban J connectivity index is 0.000000200. The zero-order chi connectivity index (χ0) is 14.7. The zero-order valence-electron chi connectivity index (χ0n) is 14.1. The SMILES string of the molecule is CN1CC(C)(C)NC(C)(C)C1.CN1CCN(C)CC1. The van der Waals surface area contributed by atoms with Gasteiger partial charge < -0.3 is 20.0 Å². The van der Waals surface area contributed by atoms with Crippen molar-refractivity contribution in [1.29, 1.82) is 0 Å². The van der Waals surface area contributed by atoms with Crippen molar-refractivity contribution in [3.63, 3.8) is 0 Å². The van der Waals surface area contributed by atoms with E-state index >= 15 is 0 Å². The Morgan fingerprint density at radius 1 is 0.632 bits per heavy atom. The van der Waals surface area contributed by atoms with Crippen LogP contribution in [0.5, 0.6) is 0 Å². The Morgan fingerprint density at radius 2 is 0.947 bits per heavy atom. The lowest BCUT2D eigenvalue weighted by atomic mass is 9.92. The van der Waals surface area contributed by atoms with Gasteiger partial charge in [0.1, 0.15) is 0 Å². The molecule has 2 aliphatic heterocycles. The average Bonchev–Trinajstić information content (AvgIpc) is 2.18. The molecule has 2 rings (SSSR count). The number of likely N-dealkylation sites (N-methyl/N-ethyl adjacent to an activating group) is 3. The van der Waals surface area contributed by atoms with Crippen molar-refractivity contribution in [2.24, 2.45) is 0 Å². The topological polar surface area (TPSA) is 21.8 Å². The van der Waals surface area contributed by atoms with Crippen LogP contribution in [0.4, 0.5) is 0 Å². The third-order valence-electron chi connectivity index (χ3n) is 3.73. The molecule has 2 fully saturated rings. The Kier molecular flexibility index (Phi) is 5.80. The predicted molar refractivity (Wildman–Crippen MR) is 83.8 cm³/mol. The molecule has 0 aromatic heterocycles. The van der Waals surface area contributed by atoms with E-state index < -0.39 is 0 Å². The van der Waals surface area contributed by atoms with Crippen LogP contribution in [0, 0.1) is 0 Å². The van der Waals surface area contributed by atoms with Crippen LogP contribution in [-0.4, -0.2) is 86.2 Å². The number of hydrogen-bond acceptors (Lipinski definition) is 4. The quantitative estimate of drug-likeness (QED) is 0.707. The fourth-order valence-corrected chi connectivity index (χ4v) is 3.31. The smallest absolute Gasteiger partial charge is 0.0257 e. The van der Waals surface area contributed by atoms with Crippen LogP contribution in [0.2, 0.25) is 0 Å². The molecule has 0 unspecified atom stereocenters. The second-order valence-corrected chi connectivity index (χ2v) is 7.67. The molecule has 0 aromatic carbocycles. The average molecular weight is 270 g/mol. The van der Waals surface area contributed by atoms with Crippen LogP contribution >= 0.6 is 0 Å². The summed E-state index contributed by atoms with van der Waals surface area (Å²) in [7, 11) is 6.53. The maximum Gasteiger partial charge on any atom is 0.0257 e. The van der Waals surface area contributed by atoms with Crippen LogP contribution in [0.3, 0.4) is 0 Å². The summed E-state index contributed by atoms with van der Waals surface area (Å²) in [6.07, 6.45) is 0. The molecular weight excluding hydrogens is 236 g/mol. The molecule has 0 amide bonds. The predicted octanol–water partition coefficient (Wildman–Crippen LogP) is 0.942. The van der Waals surface area contributed by atoms with E-state index in [4.69, 9.17) is 0 Å². The normalized spacial score (nSPS) is 28.6. The van der Waals surface area contributed by atoms with E-state index in [0.717, 1.165) is 13.1 Å². The van der Waals surface area contributed by atoms with Gasteiger partial charge in [0, 0.05) is 50.3 Å². The lowest BCUT2D eigenvalue weighted by Crippen LogP contribution is -2.65. The van der Waals surface area contributed by atoms with E-state index in [-0.39, 0.29) is 11.1 Å². The first-order chi connectivity index (χ1) is 8.60. The van der Waals surface area contributed by atoms with Crippen LogP contribution in [0.25, 0.3) is 0 Å². The van der Waals surface area contributed by atoms with E-state index in [2.05, 4.69) is 68.9 Å². The Labute approximate surface area is 120 Å². The summed E-state index contributed by atoms with van der Waals surface area (Å²) in [5, 5.41) is 3.62. The highest BCUT2D eigenvalue weighted by Gasteiger charge is 2.34. The summed E-state index contributed by atoms with van der Waals surface area (Å²) in [5.41, 5.74) is 0.521. The first-order valence-corrected chi connectivity index (χ1v) is 7.45. The van der Waals surface area contributed by atoms with Gasteiger partial charge in [0.25, 0.3) is 0 Å². The summed E-state index contributed by atoms with van der Waals surface area (Å²) in [6.45, 7) is 16.2. The summed E-state index contributed by atoms with van der Waals surface area (Å²) in [6, 6.07) is 0. The molecule has 114 valence electrons. The van der Waals surface area contributed by atoms with E-state index in [1.165, 1.54) is 26.2 Å². The van der Waals surface area contributed by atoms with Gasteiger partial charge in [-0.3, -0.25) is 0 Å². The van der Waals surface area contributed by atoms with Crippen LogP contribution < -0.4 is 5.32 Å². The number of nitrogens with one attached hydrogen (secondary N) is 1. The second-order valence-electron chi connectivity index (χ2n) is 7.67. The largest absolute Gasteiger partial charge is 0.304 e. The molecule has 4 nitrogen and oxygen atoms in total. The highest BCUT2D eigenvalue weighted by Crippen LogP contribution is 2.18. The first-order valence-electron chi connectivity index (χ1n) is 7.45. The Hall–Kier alpha value is -0.160. The van der Waals surface area contributed by atoms with Gasteiger partial charge in [-0.2, -0.15) is 0 Å². The lowest BCUT2D eigenvalue weighted by Gasteiger charge is -2.47. The van der Waals surface area contributed by atoms with Gasteiger partial charge in [-0.1, -0.05) is 0 Å². The fraction of sp³-hybridized carbons (Fsp3) is 1.00. The molecule has 19 heavy (non-hydrogen) atoms. The minimum absolute atomic E-state index is 0.260. The second kappa shape index (κ2) is 6.53. The fourth-order valence-electron chi connectivity index (χ4n) is 3.31. The van der Waals surface area contributed by atoms with Crippen molar-refractivity contribution in [2.75, 3.05) is 60.4 Å². The highest BCUT2D eigenvalue weighted by molar-refractivity contribution is 4.96. The molecule has 0 saturated carbocycles. The van der Waals surface area contributed by atoms with E-state index in [1.54, 1.807) is 0 Å². The molecule has 0 radical (unpaired) electrons. The molecule has 2 heterocycles. The monoisotopic (exact) mass is 270 g/mol. The third kappa shape index (κ3) is 6.70. The van der Waals surface area contributed by atoms with Crippen molar-refractivity contribution in [1.82, 2.24) is 20.0 Å². The van der Waals surface area contributed by atoms with Crippen molar-refractivity contribution in [3.05, 3.63) is 0 Å². The molecule has 2 saturated heterocycles. The molecule has 0 atom stereocenters. The summed E-state index contributed by atoms with van der Waals surface area (Å²) in [5.74, 6) is 0. The lowest BCUT2D eigenvalue weighted by molar-refractivity contribution is 0.0987. The van der Waals surface area contributed by atoms with Gasteiger partial charge >= 0.3 is 0 Å². The molecule has 4 heteroatoms. The van der Waals surface area contributed by atoms with E-state index in [1.807, 2.05) is 0 Å². The molecule has 0 aromatic rings. The van der Waals surface area contributed by atoms with Crippen molar-refractivity contribution >= 4 is 0 Å². The summed E-state index contributed by atoms with van der Waals surface area (Å²) < 4.78 is 0. The van der Waals surface area contributed by atoms with Crippen LogP contribution in [-0.2, 0) is 0 Å². The number of hydrogen-bond donors (Lipinski definition) is 1. The molecule has 0 spiro atoms. The molecule has 1 N–H and O–H groups in total. The van der Waals surface area contributed by atoms with Gasteiger partial charge in [0.2, 0.25) is 0 Å². The third-order valence-corrected chi connectivity index (χ3v) is 3.73. The Bertz CT molecular complexity index is 241. The van der Waals surface area contributed by atoms with Gasteiger partial charge in [-0.15, -0.1) is 0 Å².